The zero-order valence-corrected chi connectivity index (χ0v) is 9.58. The van der Waals surface area contributed by atoms with E-state index in [1.165, 1.54) is 18.2 Å². The van der Waals surface area contributed by atoms with E-state index in [9.17, 15) is 14.9 Å². The van der Waals surface area contributed by atoms with Gasteiger partial charge in [-0.15, -0.1) is 0 Å². The molecule has 1 aliphatic rings. The molecular formula is C11H11NO6. The smallest absolute Gasteiger partial charge is 0.449 e. The molecule has 1 fully saturated rings. The lowest BCUT2D eigenvalue weighted by Crippen LogP contribution is -2.44. The molecule has 7 heteroatoms. The van der Waals surface area contributed by atoms with Crippen LogP contribution < -0.4 is 4.74 Å². The van der Waals surface area contributed by atoms with Crippen LogP contribution in [-0.4, -0.2) is 29.4 Å². The third kappa shape index (κ3) is 2.12. The maximum atomic E-state index is 10.7. The van der Waals surface area contributed by atoms with Gasteiger partial charge in [0.15, 0.2) is 0 Å². The molecule has 1 aromatic carbocycles. The number of ether oxygens (including phenoxy) is 2. The molecule has 0 bridgehead atoms. The van der Waals surface area contributed by atoms with Gasteiger partial charge in [-0.25, -0.2) is 4.79 Å². The maximum Gasteiger partial charge on any atom is 0.511 e. The lowest BCUT2D eigenvalue weighted by atomic mass is 9.80. The van der Waals surface area contributed by atoms with Crippen molar-refractivity contribution in [2.45, 2.75) is 12.3 Å². The number of carbonyl (C=O) groups is 1. The van der Waals surface area contributed by atoms with Crippen LogP contribution in [0, 0.1) is 10.1 Å². The largest absolute Gasteiger partial charge is 0.511 e. The molecule has 0 aromatic heterocycles. The average molecular weight is 253 g/mol. The summed E-state index contributed by atoms with van der Waals surface area (Å²) in [5, 5.41) is 19.4. The summed E-state index contributed by atoms with van der Waals surface area (Å²) >= 11 is 0. The average Bonchev–Trinajstić information content (AvgIpc) is 2.25. The van der Waals surface area contributed by atoms with E-state index in [4.69, 9.17) is 9.84 Å². The van der Waals surface area contributed by atoms with Crippen LogP contribution in [0.4, 0.5) is 10.5 Å². The van der Waals surface area contributed by atoms with Crippen LogP contribution in [0.1, 0.15) is 12.5 Å². The summed E-state index contributed by atoms with van der Waals surface area (Å²) in [6.07, 6.45) is -1.45. The quantitative estimate of drug-likeness (QED) is 0.382. The summed E-state index contributed by atoms with van der Waals surface area (Å²) in [5.41, 5.74) is -0.0715. The fourth-order valence-corrected chi connectivity index (χ4v) is 1.85. The summed E-state index contributed by atoms with van der Waals surface area (Å²) < 4.78 is 9.72. The van der Waals surface area contributed by atoms with Gasteiger partial charge >= 0.3 is 6.16 Å². The Kier molecular flexibility index (Phi) is 2.92. The zero-order chi connectivity index (χ0) is 13.3. The highest BCUT2D eigenvalue weighted by Crippen LogP contribution is 2.39. The van der Waals surface area contributed by atoms with Gasteiger partial charge in [-0.05, 0) is 6.07 Å². The van der Waals surface area contributed by atoms with Crippen molar-refractivity contribution in [3.8, 4) is 5.75 Å². The van der Waals surface area contributed by atoms with Crippen LogP contribution in [0.25, 0.3) is 0 Å². The molecule has 96 valence electrons. The Morgan fingerprint density at radius 2 is 2.22 bits per heavy atom. The van der Waals surface area contributed by atoms with Gasteiger partial charge in [-0.3, -0.25) is 10.1 Å². The molecule has 18 heavy (non-hydrogen) atoms. The predicted octanol–water partition coefficient (Wildman–Crippen LogP) is 1.94. The summed E-state index contributed by atoms with van der Waals surface area (Å²) in [4.78, 5) is 20.8. The van der Waals surface area contributed by atoms with E-state index >= 15 is 0 Å². The SMILES string of the molecule is CC1(c2cc([N+](=O)[O-])ccc2OC(=O)O)COC1. The van der Waals surface area contributed by atoms with Gasteiger partial charge in [-0.2, -0.15) is 0 Å². The Balaban J connectivity index is 2.46. The normalized spacial score (nSPS) is 16.7. The van der Waals surface area contributed by atoms with Gasteiger partial charge in [0.25, 0.3) is 5.69 Å². The molecule has 1 aromatic rings. The number of hydrogen-bond acceptors (Lipinski definition) is 5. The number of non-ortho nitro benzene ring substituents is 1. The van der Waals surface area contributed by atoms with Crippen molar-refractivity contribution < 1.29 is 24.3 Å². The zero-order valence-electron chi connectivity index (χ0n) is 9.58. The van der Waals surface area contributed by atoms with Crippen molar-refractivity contribution in [2.75, 3.05) is 13.2 Å². The fraction of sp³-hybridized carbons (Fsp3) is 0.364. The Bertz CT molecular complexity index is 508. The standard InChI is InChI=1S/C11H11NO6/c1-11(5-17-6-11)8-4-7(12(15)16)2-3-9(8)18-10(13)14/h2-4H,5-6H2,1H3,(H,13,14). The van der Waals surface area contributed by atoms with Gasteiger partial charge in [0.2, 0.25) is 0 Å². The molecular weight excluding hydrogens is 242 g/mol. The molecule has 0 radical (unpaired) electrons. The van der Waals surface area contributed by atoms with Crippen molar-refractivity contribution in [1.29, 1.82) is 0 Å². The van der Waals surface area contributed by atoms with Crippen LogP contribution in [0.5, 0.6) is 5.75 Å². The van der Waals surface area contributed by atoms with Gasteiger partial charge in [-0.1, -0.05) is 6.92 Å². The minimum absolute atomic E-state index is 0.101. The van der Waals surface area contributed by atoms with Crippen molar-refractivity contribution in [2.24, 2.45) is 0 Å². The highest BCUT2D eigenvalue weighted by atomic mass is 16.7. The van der Waals surface area contributed by atoms with E-state index in [1.807, 2.05) is 6.92 Å². The summed E-state index contributed by atoms with van der Waals surface area (Å²) in [5.74, 6) is 0.110. The molecule has 0 aliphatic carbocycles. The molecule has 1 saturated heterocycles. The number of nitrogens with zero attached hydrogens (tertiary/aromatic N) is 1. The lowest BCUT2D eigenvalue weighted by Gasteiger charge is -2.38. The van der Waals surface area contributed by atoms with Gasteiger partial charge in [0.1, 0.15) is 5.75 Å². The van der Waals surface area contributed by atoms with Crippen LogP contribution in [0.2, 0.25) is 0 Å². The highest BCUT2D eigenvalue weighted by Gasteiger charge is 2.39. The van der Waals surface area contributed by atoms with Gasteiger partial charge in [0.05, 0.1) is 18.1 Å². The second-order valence-electron chi connectivity index (χ2n) is 4.36. The van der Waals surface area contributed by atoms with Gasteiger partial charge in [0, 0.05) is 23.1 Å². The van der Waals surface area contributed by atoms with E-state index in [-0.39, 0.29) is 11.4 Å². The first-order chi connectivity index (χ1) is 8.42. The molecule has 0 unspecified atom stereocenters. The molecule has 2 rings (SSSR count). The topological polar surface area (TPSA) is 98.9 Å². The van der Waals surface area contributed by atoms with E-state index in [1.54, 1.807) is 0 Å². The number of nitro benzene ring substituents is 1. The maximum absolute atomic E-state index is 10.7. The van der Waals surface area contributed by atoms with Crippen LogP contribution in [0.3, 0.4) is 0 Å². The molecule has 0 spiro atoms. The number of nitro groups is 1. The van der Waals surface area contributed by atoms with Gasteiger partial charge < -0.3 is 14.6 Å². The fourth-order valence-electron chi connectivity index (χ4n) is 1.85. The van der Waals surface area contributed by atoms with Crippen LogP contribution in [0.15, 0.2) is 18.2 Å². The molecule has 1 N–H and O–H groups in total. The van der Waals surface area contributed by atoms with Crippen LogP contribution in [-0.2, 0) is 10.2 Å². The van der Waals surface area contributed by atoms with E-state index < -0.39 is 16.5 Å². The molecule has 0 amide bonds. The Labute approximate surface area is 102 Å². The Hall–Kier alpha value is -2.15. The van der Waals surface area contributed by atoms with Crippen molar-refractivity contribution in [1.82, 2.24) is 0 Å². The first-order valence-corrected chi connectivity index (χ1v) is 5.20. The second kappa shape index (κ2) is 4.26. The highest BCUT2D eigenvalue weighted by molar-refractivity contribution is 5.63. The van der Waals surface area contributed by atoms with E-state index in [0.717, 1.165) is 0 Å². The van der Waals surface area contributed by atoms with Crippen molar-refractivity contribution in [3.63, 3.8) is 0 Å². The van der Waals surface area contributed by atoms with Crippen LogP contribution >= 0.6 is 0 Å². The first kappa shape index (κ1) is 12.3. The second-order valence-corrected chi connectivity index (χ2v) is 4.36. The Morgan fingerprint density at radius 3 is 2.67 bits per heavy atom. The van der Waals surface area contributed by atoms with Crippen molar-refractivity contribution >= 4 is 11.8 Å². The molecule has 0 atom stereocenters. The molecule has 1 heterocycles. The monoisotopic (exact) mass is 253 g/mol. The number of hydrogen-bond donors (Lipinski definition) is 1. The van der Waals surface area contributed by atoms with Crippen molar-refractivity contribution in [3.05, 3.63) is 33.9 Å². The van der Waals surface area contributed by atoms with E-state index in [2.05, 4.69) is 4.74 Å². The summed E-state index contributed by atoms with van der Waals surface area (Å²) in [6, 6.07) is 3.84. The van der Waals surface area contributed by atoms with E-state index in [0.29, 0.717) is 18.8 Å². The predicted molar refractivity (Wildman–Crippen MR) is 59.9 cm³/mol. The number of rotatable bonds is 3. The number of benzene rings is 1. The minimum Gasteiger partial charge on any atom is -0.449 e. The lowest BCUT2D eigenvalue weighted by molar-refractivity contribution is -0.385. The third-order valence-corrected chi connectivity index (χ3v) is 2.86. The minimum atomic E-state index is -1.45. The number of carboxylic acid groups (broad SMARTS) is 1. The molecule has 0 saturated carbocycles. The first-order valence-electron chi connectivity index (χ1n) is 5.20. The Morgan fingerprint density at radius 1 is 1.56 bits per heavy atom. The molecule has 1 aliphatic heterocycles. The summed E-state index contributed by atoms with van der Waals surface area (Å²) in [6.45, 7) is 2.60. The molecule has 7 nitrogen and oxygen atoms in total. The third-order valence-electron chi connectivity index (χ3n) is 2.86. The summed E-state index contributed by atoms with van der Waals surface area (Å²) in [7, 11) is 0.